The van der Waals surface area contributed by atoms with Crippen LogP contribution in [-0.2, 0) is 4.79 Å². The highest BCUT2D eigenvalue weighted by atomic mass is 16.3. The summed E-state index contributed by atoms with van der Waals surface area (Å²) < 4.78 is 0. The number of carbonyl (C=O) groups is 1. The molecule has 0 unspecified atom stereocenters. The molecule has 1 rings (SSSR count). The van der Waals surface area contributed by atoms with Gasteiger partial charge in [0.2, 0.25) is 0 Å². The molecule has 0 aliphatic heterocycles. The second kappa shape index (κ2) is 4.96. The van der Waals surface area contributed by atoms with Crippen LogP contribution in [0.5, 0.6) is 0 Å². The van der Waals surface area contributed by atoms with Gasteiger partial charge in [0.15, 0.2) is 5.78 Å². The van der Waals surface area contributed by atoms with Gasteiger partial charge in [0.25, 0.3) is 0 Å². The van der Waals surface area contributed by atoms with E-state index >= 15 is 0 Å². The number of hydrogen-bond donors (Lipinski definition) is 1. The van der Waals surface area contributed by atoms with Crippen molar-refractivity contribution in [2.75, 3.05) is 0 Å². The van der Waals surface area contributed by atoms with Gasteiger partial charge >= 0.3 is 0 Å². The summed E-state index contributed by atoms with van der Waals surface area (Å²) in [5, 5.41) is 9.24. The number of aliphatic hydroxyl groups is 1. The van der Waals surface area contributed by atoms with Crippen molar-refractivity contribution in [3.05, 3.63) is 11.8 Å². The van der Waals surface area contributed by atoms with E-state index in [1.54, 1.807) is 0 Å². The summed E-state index contributed by atoms with van der Waals surface area (Å²) in [6.45, 7) is 0. The van der Waals surface area contributed by atoms with Gasteiger partial charge < -0.3 is 5.11 Å². The van der Waals surface area contributed by atoms with Crippen LogP contribution < -0.4 is 0 Å². The minimum Gasteiger partial charge on any atom is -0.512 e. The Labute approximate surface area is 73.3 Å². The highest BCUT2D eigenvalue weighted by Crippen LogP contribution is 2.13. The molecular formula is C10H16O2. The zero-order valence-corrected chi connectivity index (χ0v) is 7.38. The molecule has 0 amide bonds. The first-order chi connectivity index (χ1) is 5.79. The molecule has 1 N–H and O–H groups in total. The predicted octanol–water partition coefficient (Wildman–Crippen LogP) is 2.74. The van der Waals surface area contributed by atoms with E-state index in [0.717, 1.165) is 19.3 Å². The van der Waals surface area contributed by atoms with E-state index in [4.69, 9.17) is 0 Å². The Kier molecular flexibility index (Phi) is 3.85. The number of aliphatic hydroxyl groups excluding tert-OH is 1. The molecule has 0 fully saturated rings. The Morgan fingerprint density at radius 3 is 2.33 bits per heavy atom. The molecule has 0 saturated carbocycles. The summed E-state index contributed by atoms with van der Waals surface area (Å²) in [6.07, 6.45) is 8.17. The van der Waals surface area contributed by atoms with Crippen LogP contribution in [0.2, 0.25) is 0 Å². The van der Waals surface area contributed by atoms with E-state index in [1.165, 1.54) is 18.9 Å². The van der Waals surface area contributed by atoms with E-state index < -0.39 is 0 Å². The Morgan fingerprint density at radius 2 is 1.58 bits per heavy atom. The van der Waals surface area contributed by atoms with Crippen LogP contribution in [0, 0.1) is 0 Å². The summed E-state index contributed by atoms with van der Waals surface area (Å²) in [6, 6.07) is 0. The number of rotatable bonds is 0. The van der Waals surface area contributed by atoms with Crippen molar-refractivity contribution in [1.29, 1.82) is 0 Å². The van der Waals surface area contributed by atoms with E-state index in [2.05, 4.69) is 0 Å². The highest BCUT2D eigenvalue weighted by molar-refractivity contribution is 5.89. The van der Waals surface area contributed by atoms with Gasteiger partial charge in [-0.15, -0.1) is 0 Å². The fourth-order valence-electron chi connectivity index (χ4n) is 1.47. The van der Waals surface area contributed by atoms with Crippen LogP contribution in [0.15, 0.2) is 11.8 Å². The molecule has 0 atom stereocenters. The maximum Gasteiger partial charge on any atom is 0.159 e. The lowest BCUT2D eigenvalue weighted by atomic mass is 10.0. The molecule has 0 heterocycles. The van der Waals surface area contributed by atoms with Crippen molar-refractivity contribution in [3.63, 3.8) is 0 Å². The second-order valence-corrected chi connectivity index (χ2v) is 3.37. The molecule has 2 nitrogen and oxygen atoms in total. The fourth-order valence-corrected chi connectivity index (χ4v) is 1.47. The fraction of sp³-hybridized carbons (Fsp3) is 0.700. The summed E-state index contributed by atoms with van der Waals surface area (Å²) in [7, 11) is 0. The van der Waals surface area contributed by atoms with Crippen molar-refractivity contribution in [1.82, 2.24) is 0 Å². The number of ketones is 1. The third-order valence-electron chi connectivity index (χ3n) is 2.18. The van der Waals surface area contributed by atoms with Crippen molar-refractivity contribution in [2.24, 2.45) is 0 Å². The molecule has 0 aromatic rings. The first kappa shape index (κ1) is 9.30. The van der Waals surface area contributed by atoms with Gasteiger partial charge in [0.1, 0.15) is 0 Å². The summed E-state index contributed by atoms with van der Waals surface area (Å²) >= 11 is 0. The lowest BCUT2D eigenvalue weighted by molar-refractivity contribution is -0.114. The normalized spacial score (nSPS) is 26.0. The first-order valence-corrected chi connectivity index (χ1v) is 4.71. The molecule has 0 bridgehead atoms. The molecule has 0 radical (unpaired) electrons. The monoisotopic (exact) mass is 168 g/mol. The van der Waals surface area contributed by atoms with Crippen molar-refractivity contribution < 1.29 is 9.90 Å². The Morgan fingerprint density at radius 1 is 1.00 bits per heavy atom. The van der Waals surface area contributed by atoms with Crippen LogP contribution in [-0.4, -0.2) is 10.9 Å². The maximum atomic E-state index is 11.1. The van der Waals surface area contributed by atoms with Gasteiger partial charge in [-0.1, -0.05) is 19.3 Å². The zero-order chi connectivity index (χ0) is 8.81. The third-order valence-corrected chi connectivity index (χ3v) is 2.18. The smallest absolute Gasteiger partial charge is 0.159 e. The molecular weight excluding hydrogens is 152 g/mol. The van der Waals surface area contributed by atoms with Crippen LogP contribution in [0.1, 0.15) is 44.9 Å². The van der Waals surface area contributed by atoms with Crippen LogP contribution in [0.4, 0.5) is 0 Å². The summed E-state index contributed by atoms with van der Waals surface area (Å²) in [4.78, 5) is 11.1. The molecule has 12 heavy (non-hydrogen) atoms. The van der Waals surface area contributed by atoms with Crippen molar-refractivity contribution in [3.8, 4) is 0 Å². The van der Waals surface area contributed by atoms with Crippen LogP contribution in [0.3, 0.4) is 0 Å². The SMILES string of the molecule is O=C1/C=C(\O)CCCCCCC1. The zero-order valence-electron chi connectivity index (χ0n) is 7.38. The Bertz CT molecular complexity index is 182. The highest BCUT2D eigenvalue weighted by Gasteiger charge is 2.03. The van der Waals surface area contributed by atoms with Crippen molar-refractivity contribution >= 4 is 5.78 Å². The van der Waals surface area contributed by atoms with E-state index in [0.29, 0.717) is 12.8 Å². The Hall–Kier alpha value is -0.790. The van der Waals surface area contributed by atoms with Gasteiger partial charge in [-0.3, -0.25) is 4.79 Å². The van der Waals surface area contributed by atoms with Gasteiger partial charge in [0.05, 0.1) is 5.76 Å². The lowest BCUT2D eigenvalue weighted by Gasteiger charge is -2.04. The molecule has 0 spiro atoms. The predicted molar refractivity (Wildman–Crippen MR) is 48.0 cm³/mol. The quantitative estimate of drug-likeness (QED) is 0.603. The molecule has 2 heteroatoms. The number of carbonyl (C=O) groups excluding carboxylic acids is 1. The van der Waals surface area contributed by atoms with Crippen LogP contribution >= 0.6 is 0 Å². The lowest BCUT2D eigenvalue weighted by Crippen LogP contribution is -1.97. The summed E-state index contributed by atoms with van der Waals surface area (Å²) in [5.74, 6) is 0.344. The van der Waals surface area contributed by atoms with Gasteiger partial charge in [-0.2, -0.15) is 0 Å². The Balaban J connectivity index is 2.46. The molecule has 0 saturated heterocycles. The van der Waals surface area contributed by atoms with Gasteiger partial charge in [-0.25, -0.2) is 0 Å². The molecule has 1 aliphatic carbocycles. The maximum absolute atomic E-state index is 11.1. The second-order valence-electron chi connectivity index (χ2n) is 3.37. The molecule has 0 aromatic heterocycles. The largest absolute Gasteiger partial charge is 0.512 e. The van der Waals surface area contributed by atoms with Gasteiger partial charge in [0, 0.05) is 18.9 Å². The van der Waals surface area contributed by atoms with E-state index in [-0.39, 0.29) is 11.5 Å². The van der Waals surface area contributed by atoms with E-state index in [1.807, 2.05) is 0 Å². The summed E-state index contributed by atoms with van der Waals surface area (Å²) in [5.41, 5.74) is 0. The van der Waals surface area contributed by atoms with Crippen molar-refractivity contribution in [2.45, 2.75) is 44.9 Å². The van der Waals surface area contributed by atoms with E-state index in [9.17, 15) is 9.90 Å². The molecule has 68 valence electrons. The molecule has 0 aromatic carbocycles. The standard InChI is InChI=1S/C10H16O2/c11-9-6-4-2-1-3-5-7-10(12)8-9/h8,11H,1-7H2/b9-8-. The number of allylic oxidation sites excluding steroid dienone is 2. The topological polar surface area (TPSA) is 37.3 Å². The number of hydrogen-bond acceptors (Lipinski definition) is 2. The first-order valence-electron chi connectivity index (χ1n) is 4.71. The van der Waals surface area contributed by atoms with Crippen LogP contribution in [0.25, 0.3) is 0 Å². The minimum atomic E-state index is 0.0781. The third kappa shape index (κ3) is 3.56. The van der Waals surface area contributed by atoms with Gasteiger partial charge in [-0.05, 0) is 12.8 Å². The minimum absolute atomic E-state index is 0.0781. The average molecular weight is 168 g/mol. The molecule has 1 aliphatic rings. The average Bonchev–Trinajstić information content (AvgIpc) is 2.02.